The molecular weight excluding hydrogens is 214 g/mol. The van der Waals surface area contributed by atoms with Crippen LogP contribution in [-0.4, -0.2) is 12.6 Å². The van der Waals surface area contributed by atoms with Gasteiger partial charge in [0, 0.05) is 6.54 Å². The minimum absolute atomic E-state index is 0.345. The average Bonchev–Trinajstić information content (AvgIpc) is 2.30. The first-order chi connectivity index (χ1) is 8.04. The molecule has 0 fully saturated rings. The summed E-state index contributed by atoms with van der Waals surface area (Å²) in [6, 6.07) is 6.15. The Hall–Kier alpha value is -1.55. The molecule has 4 N–H and O–H groups in total. The van der Waals surface area contributed by atoms with Crippen molar-refractivity contribution in [3.05, 3.63) is 34.9 Å². The van der Waals surface area contributed by atoms with Gasteiger partial charge in [-0.15, -0.1) is 0 Å². The van der Waals surface area contributed by atoms with Crippen LogP contribution in [-0.2, 0) is 6.42 Å². The lowest BCUT2D eigenvalue weighted by Crippen LogP contribution is -2.40. The van der Waals surface area contributed by atoms with Gasteiger partial charge in [-0.2, -0.15) is 0 Å². The minimum Gasteiger partial charge on any atom is -0.337 e. The molecular formula is C13H21N3O. The molecule has 2 amide bonds. The molecule has 0 aliphatic carbocycles. The highest BCUT2D eigenvalue weighted by molar-refractivity contribution is 5.72. The molecule has 0 unspecified atom stereocenters. The van der Waals surface area contributed by atoms with Crippen LogP contribution in [0.1, 0.15) is 36.5 Å². The van der Waals surface area contributed by atoms with Crippen molar-refractivity contribution in [1.82, 2.24) is 10.7 Å². The maximum absolute atomic E-state index is 10.9. The number of hydrogen-bond donors (Lipinski definition) is 3. The van der Waals surface area contributed by atoms with Gasteiger partial charge in [0.25, 0.3) is 0 Å². The van der Waals surface area contributed by atoms with Gasteiger partial charge in [-0.1, -0.05) is 32.0 Å². The van der Waals surface area contributed by atoms with E-state index in [2.05, 4.69) is 44.3 Å². The summed E-state index contributed by atoms with van der Waals surface area (Å²) in [5.41, 5.74) is 5.90. The Morgan fingerprint density at radius 1 is 1.41 bits per heavy atom. The van der Waals surface area contributed by atoms with E-state index in [1.165, 1.54) is 16.7 Å². The van der Waals surface area contributed by atoms with E-state index < -0.39 is 0 Å². The largest absolute Gasteiger partial charge is 0.337 e. The van der Waals surface area contributed by atoms with Crippen LogP contribution in [0.25, 0.3) is 0 Å². The fraction of sp³-hybridized carbons (Fsp3) is 0.462. The number of aryl methyl sites for hydroxylation is 1. The summed E-state index contributed by atoms with van der Waals surface area (Å²) in [6.07, 6.45) is 0.819. The molecule has 0 saturated heterocycles. The van der Waals surface area contributed by atoms with Crippen molar-refractivity contribution in [1.29, 1.82) is 0 Å². The summed E-state index contributed by atoms with van der Waals surface area (Å²) >= 11 is 0. The summed E-state index contributed by atoms with van der Waals surface area (Å²) in [5, 5.41) is 2.68. The average molecular weight is 235 g/mol. The highest BCUT2D eigenvalue weighted by Crippen LogP contribution is 2.18. The number of nitrogens with two attached hydrogens (primary N) is 1. The number of hydrogen-bond acceptors (Lipinski definition) is 2. The minimum atomic E-state index is -0.345. The molecule has 0 aliphatic heterocycles. The molecule has 4 heteroatoms. The molecule has 0 heterocycles. The third kappa shape index (κ3) is 4.07. The van der Waals surface area contributed by atoms with E-state index in [1.54, 1.807) is 0 Å². The summed E-state index contributed by atoms with van der Waals surface area (Å²) in [7, 11) is 0. The number of carbonyl (C=O) groups is 1. The van der Waals surface area contributed by atoms with Crippen LogP contribution in [0.15, 0.2) is 18.2 Å². The second kappa shape index (κ2) is 6.25. The van der Waals surface area contributed by atoms with Gasteiger partial charge in [-0.3, -0.25) is 5.43 Å². The molecule has 0 radical (unpaired) electrons. The van der Waals surface area contributed by atoms with Crippen LogP contribution in [0.2, 0.25) is 0 Å². The second-order valence-corrected chi connectivity index (χ2v) is 4.49. The van der Waals surface area contributed by atoms with Crippen molar-refractivity contribution >= 4 is 6.03 Å². The molecule has 0 aromatic heterocycles. The van der Waals surface area contributed by atoms with Gasteiger partial charge >= 0.3 is 6.03 Å². The lowest BCUT2D eigenvalue weighted by atomic mass is 9.96. The quantitative estimate of drug-likeness (QED) is 0.423. The summed E-state index contributed by atoms with van der Waals surface area (Å²) in [5.74, 6) is 5.51. The maximum atomic E-state index is 10.9. The number of hydrazine groups is 1. The van der Waals surface area contributed by atoms with Crippen molar-refractivity contribution in [2.45, 2.75) is 33.1 Å². The molecule has 1 aromatic rings. The fourth-order valence-corrected chi connectivity index (χ4v) is 1.68. The normalized spacial score (nSPS) is 10.4. The van der Waals surface area contributed by atoms with Gasteiger partial charge < -0.3 is 5.32 Å². The monoisotopic (exact) mass is 235 g/mol. The van der Waals surface area contributed by atoms with Gasteiger partial charge in [0.1, 0.15) is 0 Å². The number of rotatable bonds is 4. The molecule has 1 rings (SSSR count). The SMILES string of the molecule is Cc1ccc(C(C)C)cc1CCNC(=O)NN. The van der Waals surface area contributed by atoms with Gasteiger partial charge in [-0.05, 0) is 36.0 Å². The second-order valence-electron chi connectivity index (χ2n) is 4.49. The van der Waals surface area contributed by atoms with E-state index in [0.717, 1.165) is 6.42 Å². The maximum Gasteiger partial charge on any atom is 0.328 e. The van der Waals surface area contributed by atoms with E-state index >= 15 is 0 Å². The fourth-order valence-electron chi connectivity index (χ4n) is 1.68. The Labute approximate surface area is 103 Å². The van der Waals surface area contributed by atoms with Gasteiger partial charge in [0.2, 0.25) is 0 Å². The Morgan fingerprint density at radius 2 is 2.12 bits per heavy atom. The molecule has 0 spiro atoms. The number of nitrogens with one attached hydrogen (secondary N) is 2. The van der Waals surface area contributed by atoms with Crippen LogP contribution >= 0.6 is 0 Å². The van der Waals surface area contributed by atoms with Gasteiger partial charge in [-0.25, -0.2) is 10.6 Å². The molecule has 0 aliphatic rings. The summed E-state index contributed by atoms with van der Waals surface area (Å²) in [6.45, 7) is 7.02. The number of urea groups is 1. The Morgan fingerprint density at radius 3 is 2.71 bits per heavy atom. The van der Waals surface area contributed by atoms with Gasteiger partial charge in [0.05, 0.1) is 0 Å². The first-order valence-electron chi connectivity index (χ1n) is 5.88. The number of carbonyl (C=O) groups excluding carboxylic acids is 1. The third-order valence-corrected chi connectivity index (χ3v) is 2.85. The Balaban J connectivity index is 2.63. The van der Waals surface area contributed by atoms with Crippen molar-refractivity contribution in [2.24, 2.45) is 5.84 Å². The first kappa shape index (κ1) is 13.5. The van der Waals surface area contributed by atoms with Crippen LogP contribution in [0, 0.1) is 6.92 Å². The van der Waals surface area contributed by atoms with Gasteiger partial charge in [0.15, 0.2) is 0 Å². The van der Waals surface area contributed by atoms with E-state index in [1.807, 2.05) is 5.43 Å². The number of amides is 2. The molecule has 94 valence electrons. The molecule has 1 aromatic carbocycles. The Kier molecular flexibility index (Phi) is 4.97. The van der Waals surface area contributed by atoms with E-state index in [0.29, 0.717) is 12.5 Å². The van der Waals surface area contributed by atoms with Crippen LogP contribution in [0.5, 0.6) is 0 Å². The van der Waals surface area contributed by atoms with Crippen molar-refractivity contribution in [2.75, 3.05) is 6.54 Å². The predicted octanol–water partition coefficient (Wildman–Crippen LogP) is 1.83. The Bertz CT molecular complexity index is 388. The standard InChI is InChI=1S/C13H21N3O/c1-9(2)11-5-4-10(3)12(8-11)6-7-15-13(17)16-14/h4-5,8-9H,6-7,14H2,1-3H3,(H2,15,16,17). The zero-order chi connectivity index (χ0) is 12.8. The zero-order valence-electron chi connectivity index (χ0n) is 10.7. The predicted molar refractivity (Wildman–Crippen MR) is 69.7 cm³/mol. The van der Waals surface area contributed by atoms with Crippen molar-refractivity contribution in [3.63, 3.8) is 0 Å². The smallest absolute Gasteiger partial charge is 0.328 e. The summed E-state index contributed by atoms with van der Waals surface area (Å²) in [4.78, 5) is 10.9. The zero-order valence-corrected chi connectivity index (χ0v) is 10.7. The summed E-state index contributed by atoms with van der Waals surface area (Å²) < 4.78 is 0. The molecule has 17 heavy (non-hydrogen) atoms. The topological polar surface area (TPSA) is 67.2 Å². The lowest BCUT2D eigenvalue weighted by Gasteiger charge is -2.11. The van der Waals surface area contributed by atoms with E-state index in [-0.39, 0.29) is 6.03 Å². The highest BCUT2D eigenvalue weighted by atomic mass is 16.2. The van der Waals surface area contributed by atoms with Crippen LogP contribution < -0.4 is 16.6 Å². The van der Waals surface area contributed by atoms with E-state index in [9.17, 15) is 4.79 Å². The first-order valence-corrected chi connectivity index (χ1v) is 5.88. The molecule has 4 nitrogen and oxygen atoms in total. The van der Waals surface area contributed by atoms with Crippen molar-refractivity contribution < 1.29 is 4.79 Å². The molecule has 0 atom stereocenters. The lowest BCUT2D eigenvalue weighted by molar-refractivity contribution is 0.241. The van der Waals surface area contributed by atoms with Crippen LogP contribution in [0.3, 0.4) is 0 Å². The molecule has 0 bridgehead atoms. The highest BCUT2D eigenvalue weighted by Gasteiger charge is 2.04. The van der Waals surface area contributed by atoms with E-state index in [4.69, 9.17) is 5.84 Å². The number of benzene rings is 1. The van der Waals surface area contributed by atoms with Crippen molar-refractivity contribution in [3.8, 4) is 0 Å². The van der Waals surface area contributed by atoms with Crippen LogP contribution in [0.4, 0.5) is 4.79 Å². The third-order valence-electron chi connectivity index (χ3n) is 2.85. The molecule has 0 saturated carbocycles.